The normalized spacial score (nSPS) is 10.8. The Morgan fingerprint density at radius 2 is 1.38 bits per heavy atom. The van der Waals surface area contributed by atoms with Crippen molar-refractivity contribution in [3.8, 4) is 21.7 Å². The minimum atomic E-state index is -0.0706. The highest BCUT2D eigenvalue weighted by atomic mass is 35.5. The molecule has 0 aliphatic rings. The minimum Gasteiger partial charge on any atom is -0.389 e. The lowest BCUT2D eigenvalue weighted by Gasteiger charge is -2.03. The van der Waals surface area contributed by atoms with Gasteiger partial charge in [0.2, 0.25) is 0 Å². The van der Waals surface area contributed by atoms with Gasteiger partial charge in [0.25, 0.3) is 0 Å². The zero-order valence-electron chi connectivity index (χ0n) is 10.9. The van der Waals surface area contributed by atoms with Crippen LogP contribution in [0.25, 0.3) is 21.7 Å². The molecule has 0 bridgehead atoms. The first-order valence-electron chi connectivity index (χ1n) is 6.30. The lowest BCUT2D eigenvalue weighted by Crippen LogP contribution is -1.84. The van der Waals surface area contributed by atoms with E-state index in [1.165, 1.54) is 11.3 Å². The SMILES string of the molecule is OCc1nc(-c2ccc(Cl)cc2)c(-c2ccc(Cl)cc2)s1. The summed E-state index contributed by atoms with van der Waals surface area (Å²) in [6.45, 7) is -0.0706. The summed E-state index contributed by atoms with van der Waals surface area (Å²) >= 11 is 13.4. The largest absolute Gasteiger partial charge is 0.389 e. The molecular weight excluding hydrogens is 325 g/mol. The number of hydrogen-bond donors (Lipinski definition) is 1. The maximum absolute atomic E-state index is 9.36. The minimum absolute atomic E-state index is 0.0706. The van der Waals surface area contributed by atoms with Crippen LogP contribution in [0.4, 0.5) is 0 Å². The van der Waals surface area contributed by atoms with Crippen LogP contribution in [0.2, 0.25) is 10.0 Å². The summed E-state index contributed by atoms with van der Waals surface area (Å²) in [6, 6.07) is 15.1. The number of thiazole rings is 1. The Balaban J connectivity index is 2.13. The first-order valence-corrected chi connectivity index (χ1v) is 7.87. The second-order valence-electron chi connectivity index (χ2n) is 4.46. The summed E-state index contributed by atoms with van der Waals surface area (Å²) in [4.78, 5) is 5.53. The van der Waals surface area contributed by atoms with Crippen LogP contribution in [0, 0.1) is 0 Å². The van der Waals surface area contributed by atoms with E-state index in [0.717, 1.165) is 21.7 Å². The van der Waals surface area contributed by atoms with Crippen molar-refractivity contribution in [2.45, 2.75) is 6.61 Å². The van der Waals surface area contributed by atoms with Crippen molar-refractivity contribution >= 4 is 34.5 Å². The van der Waals surface area contributed by atoms with Crippen LogP contribution in [0.5, 0.6) is 0 Å². The van der Waals surface area contributed by atoms with Gasteiger partial charge in [0.15, 0.2) is 0 Å². The Hall–Kier alpha value is -1.39. The molecule has 0 unspecified atom stereocenters. The standard InChI is InChI=1S/C16H11Cl2NOS/c17-12-5-1-10(2-6-12)15-16(21-14(9-20)19-15)11-3-7-13(18)8-4-11/h1-8,20H,9H2. The van der Waals surface area contributed by atoms with E-state index < -0.39 is 0 Å². The Morgan fingerprint density at radius 3 is 1.90 bits per heavy atom. The monoisotopic (exact) mass is 335 g/mol. The third-order valence-corrected chi connectivity index (χ3v) is 4.62. The Bertz CT molecular complexity index is 688. The van der Waals surface area contributed by atoms with Crippen LogP contribution >= 0.6 is 34.5 Å². The van der Waals surface area contributed by atoms with E-state index in [-0.39, 0.29) is 6.61 Å². The van der Waals surface area contributed by atoms with E-state index >= 15 is 0 Å². The molecule has 3 aromatic rings. The molecule has 1 heterocycles. The van der Waals surface area contributed by atoms with Crippen molar-refractivity contribution < 1.29 is 5.11 Å². The van der Waals surface area contributed by atoms with Crippen molar-refractivity contribution in [1.82, 2.24) is 4.98 Å². The highest BCUT2D eigenvalue weighted by Crippen LogP contribution is 2.37. The molecule has 0 aliphatic heterocycles. The second-order valence-corrected chi connectivity index (χ2v) is 6.41. The fourth-order valence-corrected chi connectivity index (χ4v) is 3.24. The molecule has 0 saturated heterocycles. The van der Waals surface area contributed by atoms with Crippen molar-refractivity contribution in [3.63, 3.8) is 0 Å². The predicted molar refractivity (Wildman–Crippen MR) is 88.9 cm³/mol. The highest BCUT2D eigenvalue weighted by molar-refractivity contribution is 7.15. The van der Waals surface area contributed by atoms with Gasteiger partial charge in [-0.05, 0) is 29.8 Å². The van der Waals surface area contributed by atoms with E-state index in [2.05, 4.69) is 4.98 Å². The smallest absolute Gasteiger partial charge is 0.119 e. The number of aliphatic hydroxyl groups is 1. The molecule has 0 atom stereocenters. The molecule has 0 aliphatic carbocycles. The fraction of sp³-hybridized carbons (Fsp3) is 0.0625. The average molecular weight is 336 g/mol. The van der Waals surface area contributed by atoms with Gasteiger partial charge in [-0.1, -0.05) is 47.5 Å². The van der Waals surface area contributed by atoms with Crippen LogP contribution < -0.4 is 0 Å². The van der Waals surface area contributed by atoms with Gasteiger partial charge in [-0.15, -0.1) is 11.3 Å². The summed E-state index contributed by atoms with van der Waals surface area (Å²) < 4.78 is 0. The van der Waals surface area contributed by atoms with Crippen molar-refractivity contribution in [2.24, 2.45) is 0 Å². The molecule has 0 saturated carbocycles. The predicted octanol–water partition coefficient (Wildman–Crippen LogP) is 5.28. The van der Waals surface area contributed by atoms with Crippen molar-refractivity contribution in [3.05, 3.63) is 63.6 Å². The third kappa shape index (κ3) is 3.11. The molecule has 106 valence electrons. The van der Waals surface area contributed by atoms with Crippen LogP contribution in [0.15, 0.2) is 48.5 Å². The van der Waals surface area contributed by atoms with Crippen LogP contribution in [-0.4, -0.2) is 10.1 Å². The average Bonchev–Trinajstić information content (AvgIpc) is 2.93. The maximum Gasteiger partial charge on any atom is 0.119 e. The van der Waals surface area contributed by atoms with Gasteiger partial charge in [-0.3, -0.25) is 0 Å². The van der Waals surface area contributed by atoms with Crippen molar-refractivity contribution in [2.75, 3.05) is 0 Å². The van der Waals surface area contributed by atoms with Gasteiger partial charge in [0.05, 0.1) is 17.2 Å². The summed E-state index contributed by atoms with van der Waals surface area (Å²) in [5.41, 5.74) is 2.85. The summed E-state index contributed by atoms with van der Waals surface area (Å²) in [6.07, 6.45) is 0. The topological polar surface area (TPSA) is 33.1 Å². The quantitative estimate of drug-likeness (QED) is 0.706. The van der Waals surface area contributed by atoms with Gasteiger partial charge < -0.3 is 5.11 Å². The molecule has 1 aromatic heterocycles. The zero-order chi connectivity index (χ0) is 14.8. The summed E-state index contributed by atoms with van der Waals surface area (Å²) in [5.74, 6) is 0. The molecule has 0 amide bonds. The molecule has 0 radical (unpaired) electrons. The number of nitrogens with zero attached hydrogens (tertiary/aromatic N) is 1. The number of aromatic nitrogens is 1. The molecule has 2 aromatic carbocycles. The molecule has 1 N–H and O–H groups in total. The van der Waals surface area contributed by atoms with E-state index in [0.29, 0.717) is 15.1 Å². The summed E-state index contributed by atoms with van der Waals surface area (Å²) in [7, 11) is 0. The zero-order valence-corrected chi connectivity index (χ0v) is 13.2. The van der Waals surface area contributed by atoms with E-state index in [9.17, 15) is 5.11 Å². The van der Waals surface area contributed by atoms with E-state index in [4.69, 9.17) is 23.2 Å². The van der Waals surface area contributed by atoms with E-state index in [1.54, 1.807) is 0 Å². The van der Waals surface area contributed by atoms with Crippen LogP contribution in [-0.2, 0) is 6.61 Å². The summed E-state index contributed by atoms with van der Waals surface area (Å²) in [5, 5.41) is 11.4. The second kappa shape index (κ2) is 6.16. The Kier molecular flexibility index (Phi) is 4.27. The molecular formula is C16H11Cl2NOS. The molecule has 0 spiro atoms. The van der Waals surface area contributed by atoms with Crippen LogP contribution in [0.3, 0.4) is 0 Å². The molecule has 2 nitrogen and oxygen atoms in total. The van der Waals surface area contributed by atoms with E-state index in [1.807, 2.05) is 48.5 Å². The number of halogens is 2. The van der Waals surface area contributed by atoms with Gasteiger partial charge in [0.1, 0.15) is 5.01 Å². The highest BCUT2D eigenvalue weighted by Gasteiger charge is 2.14. The first kappa shape index (κ1) is 14.5. The number of hydrogen-bond acceptors (Lipinski definition) is 3. The maximum atomic E-state index is 9.36. The molecule has 0 fully saturated rings. The molecule has 21 heavy (non-hydrogen) atoms. The molecule has 3 rings (SSSR count). The van der Waals surface area contributed by atoms with Gasteiger partial charge in [0, 0.05) is 15.6 Å². The number of benzene rings is 2. The first-order chi connectivity index (χ1) is 10.2. The number of aliphatic hydroxyl groups excluding tert-OH is 1. The fourth-order valence-electron chi connectivity index (χ4n) is 2.03. The van der Waals surface area contributed by atoms with Gasteiger partial charge in [-0.2, -0.15) is 0 Å². The third-order valence-electron chi connectivity index (χ3n) is 3.03. The lowest BCUT2D eigenvalue weighted by molar-refractivity contribution is 0.281. The Morgan fingerprint density at radius 1 is 0.857 bits per heavy atom. The number of rotatable bonds is 3. The van der Waals surface area contributed by atoms with Gasteiger partial charge in [-0.25, -0.2) is 4.98 Å². The van der Waals surface area contributed by atoms with Crippen molar-refractivity contribution in [1.29, 1.82) is 0 Å². The lowest BCUT2D eigenvalue weighted by atomic mass is 10.1. The Labute approximate surface area is 136 Å². The van der Waals surface area contributed by atoms with Gasteiger partial charge >= 0.3 is 0 Å². The van der Waals surface area contributed by atoms with Crippen LogP contribution in [0.1, 0.15) is 5.01 Å². The molecule has 5 heteroatoms.